The summed E-state index contributed by atoms with van der Waals surface area (Å²) >= 11 is 0. The van der Waals surface area contributed by atoms with Gasteiger partial charge < -0.3 is 10.2 Å². The molecule has 1 heterocycles. The fourth-order valence-corrected chi connectivity index (χ4v) is 5.75. The van der Waals surface area contributed by atoms with E-state index in [0.717, 1.165) is 40.8 Å². The predicted octanol–water partition coefficient (Wildman–Crippen LogP) is 5.99. The molecule has 4 heteroatoms. The lowest BCUT2D eigenvalue weighted by Crippen LogP contribution is -2.28. The molecule has 0 saturated heterocycles. The number of hydrogen-bond donors (Lipinski definition) is 1. The fourth-order valence-electron chi connectivity index (χ4n) is 5.75. The minimum Gasteiger partial charge on any atom is -0.362 e. The van der Waals surface area contributed by atoms with Crippen molar-refractivity contribution < 1.29 is 0 Å². The van der Waals surface area contributed by atoms with Gasteiger partial charge in [-0.3, -0.25) is 0 Å². The molecule has 170 valence electrons. The van der Waals surface area contributed by atoms with E-state index in [2.05, 4.69) is 55.5 Å². The van der Waals surface area contributed by atoms with Crippen LogP contribution in [0, 0.1) is 17.3 Å². The molecule has 1 aromatic heterocycles. The average molecular weight is 423 g/mol. The number of aryl methyl sites for hydroxylation is 1. The first kappa shape index (κ1) is 22.5. The summed E-state index contributed by atoms with van der Waals surface area (Å²) in [6.07, 6.45) is 14.9. The van der Waals surface area contributed by atoms with E-state index in [4.69, 9.17) is 9.97 Å². The first-order chi connectivity index (χ1) is 15.1. The highest BCUT2D eigenvalue weighted by Gasteiger charge is 2.53. The van der Waals surface area contributed by atoms with Crippen molar-refractivity contribution in [1.29, 1.82) is 0 Å². The monoisotopic (exact) mass is 422 g/mol. The zero-order valence-corrected chi connectivity index (χ0v) is 20.0. The molecular weight excluding hydrogens is 380 g/mol. The molecule has 2 fully saturated rings. The quantitative estimate of drug-likeness (QED) is 0.451. The summed E-state index contributed by atoms with van der Waals surface area (Å²) in [6.45, 7) is 4.74. The van der Waals surface area contributed by atoms with E-state index in [1.54, 1.807) is 0 Å². The van der Waals surface area contributed by atoms with Gasteiger partial charge in [0, 0.05) is 25.9 Å². The highest BCUT2D eigenvalue weighted by Crippen LogP contribution is 2.63. The van der Waals surface area contributed by atoms with Crippen LogP contribution in [0.4, 0.5) is 5.82 Å². The van der Waals surface area contributed by atoms with Crippen LogP contribution in [-0.4, -0.2) is 37.2 Å². The number of nitrogens with one attached hydrogen (secondary N) is 1. The highest BCUT2D eigenvalue weighted by molar-refractivity contribution is 5.89. The van der Waals surface area contributed by atoms with Gasteiger partial charge in [-0.25, -0.2) is 9.97 Å². The fraction of sp³-hybridized carbons (Fsp3) is 0.704. The van der Waals surface area contributed by atoms with Crippen LogP contribution in [0.2, 0.25) is 0 Å². The van der Waals surface area contributed by atoms with Gasteiger partial charge in [0.25, 0.3) is 0 Å². The second-order valence-electron chi connectivity index (χ2n) is 10.4. The lowest BCUT2D eigenvalue weighted by atomic mass is 9.78. The normalized spacial score (nSPS) is 25.3. The van der Waals surface area contributed by atoms with Crippen molar-refractivity contribution in [2.24, 2.45) is 17.3 Å². The number of anilines is 1. The van der Waals surface area contributed by atoms with Crippen LogP contribution in [0.3, 0.4) is 0 Å². The Morgan fingerprint density at radius 1 is 1.06 bits per heavy atom. The highest BCUT2D eigenvalue weighted by atomic mass is 15.2. The Labute approximate surface area is 189 Å². The van der Waals surface area contributed by atoms with E-state index >= 15 is 0 Å². The molecule has 2 saturated carbocycles. The molecule has 0 bridgehead atoms. The molecule has 4 rings (SSSR count). The number of unbranched alkanes of at least 4 members (excludes halogenated alkanes) is 3. The molecule has 0 amide bonds. The SMILES string of the molecule is CCCCCCNCC1CCC2(CC1)C[C@@H]2CCc1nc(N(C)C)c2ccccc2n1. The molecular formula is C27H42N4. The third-order valence-corrected chi connectivity index (χ3v) is 7.87. The van der Waals surface area contributed by atoms with E-state index in [1.165, 1.54) is 77.3 Å². The molecule has 1 atom stereocenters. The molecule has 2 aromatic rings. The van der Waals surface area contributed by atoms with Crippen LogP contribution in [0.15, 0.2) is 24.3 Å². The van der Waals surface area contributed by atoms with Gasteiger partial charge in [0.1, 0.15) is 11.6 Å². The number of benzene rings is 1. The van der Waals surface area contributed by atoms with E-state index in [0.29, 0.717) is 5.41 Å². The minimum absolute atomic E-state index is 0.666. The van der Waals surface area contributed by atoms with Gasteiger partial charge >= 0.3 is 0 Å². The smallest absolute Gasteiger partial charge is 0.139 e. The van der Waals surface area contributed by atoms with Crippen LogP contribution in [-0.2, 0) is 6.42 Å². The first-order valence-corrected chi connectivity index (χ1v) is 12.7. The summed E-state index contributed by atoms with van der Waals surface area (Å²) in [6, 6.07) is 8.39. The van der Waals surface area contributed by atoms with Gasteiger partial charge in [0.15, 0.2) is 0 Å². The van der Waals surface area contributed by atoms with Crippen LogP contribution >= 0.6 is 0 Å². The molecule has 1 spiro atoms. The number of hydrogen-bond acceptors (Lipinski definition) is 4. The summed E-state index contributed by atoms with van der Waals surface area (Å²) in [5, 5.41) is 4.88. The van der Waals surface area contributed by atoms with Crippen LogP contribution in [0.25, 0.3) is 10.9 Å². The summed E-state index contributed by atoms with van der Waals surface area (Å²) < 4.78 is 0. The molecule has 1 aromatic carbocycles. The molecule has 0 aliphatic heterocycles. The zero-order valence-electron chi connectivity index (χ0n) is 20.0. The van der Waals surface area contributed by atoms with Crippen LogP contribution < -0.4 is 10.2 Å². The topological polar surface area (TPSA) is 41.1 Å². The first-order valence-electron chi connectivity index (χ1n) is 12.7. The van der Waals surface area contributed by atoms with Gasteiger partial charge in [0.2, 0.25) is 0 Å². The van der Waals surface area contributed by atoms with Gasteiger partial charge in [-0.1, -0.05) is 38.3 Å². The second kappa shape index (κ2) is 10.3. The Balaban J connectivity index is 1.22. The van der Waals surface area contributed by atoms with E-state index in [1.807, 2.05) is 0 Å². The lowest BCUT2D eigenvalue weighted by Gasteiger charge is -2.30. The summed E-state index contributed by atoms with van der Waals surface area (Å²) in [5.41, 5.74) is 1.74. The van der Waals surface area contributed by atoms with E-state index in [9.17, 15) is 0 Å². The second-order valence-corrected chi connectivity index (χ2v) is 10.4. The Morgan fingerprint density at radius 3 is 2.65 bits per heavy atom. The lowest BCUT2D eigenvalue weighted by molar-refractivity contribution is 0.231. The van der Waals surface area contributed by atoms with Crippen molar-refractivity contribution in [3.05, 3.63) is 30.1 Å². The van der Waals surface area contributed by atoms with Crippen molar-refractivity contribution in [2.45, 2.75) is 77.6 Å². The van der Waals surface area contributed by atoms with E-state index in [-0.39, 0.29) is 0 Å². The van der Waals surface area contributed by atoms with Crippen LogP contribution in [0.1, 0.15) is 77.0 Å². The molecule has 2 aliphatic rings. The Kier molecular flexibility index (Phi) is 7.47. The predicted molar refractivity (Wildman–Crippen MR) is 132 cm³/mol. The molecule has 1 N–H and O–H groups in total. The van der Waals surface area contributed by atoms with Crippen molar-refractivity contribution in [1.82, 2.24) is 15.3 Å². The largest absolute Gasteiger partial charge is 0.362 e. The molecule has 31 heavy (non-hydrogen) atoms. The molecule has 2 aliphatic carbocycles. The van der Waals surface area contributed by atoms with Gasteiger partial charge in [-0.2, -0.15) is 0 Å². The minimum atomic E-state index is 0.666. The Hall–Kier alpha value is -1.68. The molecule has 0 unspecified atom stereocenters. The zero-order chi connectivity index (χ0) is 21.7. The third kappa shape index (κ3) is 5.58. The molecule has 4 nitrogen and oxygen atoms in total. The van der Waals surface area contributed by atoms with Crippen molar-refractivity contribution in [2.75, 3.05) is 32.1 Å². The number of aromatic nitrogens is 2. The van der Waals surface area contributed by atoms with E-state index < -0.39 is 0 Å². The number of fused-ring (bicyclic) bond motifs is 1. The number of para-hydroxylation sites is 1. The van der Waals surface area contributed by atoms with Crippen molar-refractivity contribution in [3.63, 3.8) is 0 Å². The summed E-state index contributed by atoms with van der Waals surface area (Å²) in [4.78, 5) is 11.9. The maximum Gasteiger partial charge on any atom is 0.139 e. The Morgan fingerprint density at radius 2 is 1.87 bits per heavy atom. The maximum absolute atomic E-state index is 4.91. The number of rotatable bonds is 11. The summed E-state index contributed by atoms with van der Waals surface area (Å²) in [5.74, 6) is 3.87. The maximum atomic E-state index is 4.91. The summed E-state index contributed by atoms with van der Waals surface area (Å²) in [7, 11) is 4.15. The Bertz CT molecular complexity index is 838. The van der Waals surface area contributed by atoms with Crippen molar-refractivity contribution in [3.8, 4) is 0 Å². The standard InChI is InChI=1S/C27H42N4/c1-4-5-6-9-18-28-20-21-14-16-27(17-15-21)19-22(27)12-13-25-29-24-11-8-7-10-23(24)26(30-25)31(2)3/h7-8,10-11,21-22,28H,4-6,9,12-20H2,1-3H3/t21?,22-,27?/m0/s1. The van der Waals surface area contributed by atoms with Gasteiger partial charge in [-0.15, -0.1) is 0 Å². The number of nitrogens with zero attached hydrogens (tertiary/aromatic N) is 3. The van der Waals surface area contributed by atoms with Crippen LogP contribution in [0.5, 0.6) is 0 Å². The molecule has 0 radical (unpaired) electrons. The van der Waals surface area contributed by atoms with Gasteiger partial charge in [0.05, 0.1) is 5.52 Å². The van der Waals surface area contributed by atoms with Gasteiger partial charge in [-0.05, 0) is 87.4 Å². The van der Waals surface area contributed by atoms with Crippen molar-refractivity contribution >= 4 is 16.7 Å². The third-order valence-electron chi connectivity index (χ3n) is 7.87. The average Bonchev–Trinajstić information content (AvgIpc) is 3.47.